The van der Waals surface area contributed by atoms with Gasteiger partial charge in [-0.15, -0.1) is 0 Å². The Labute approximate surface area is 719 Å². The van der Waals surface area contributed by atoms with Crippen LogP contribution in [0, 0.1) is 27.7 Å². The normalized spacial score (nSPS) is 11.5. The van der Waals surface area contributed by atoms with Gasteiger partial charge in [-0.05, 0) is 211 Å². The van der Waals surface area contributed by atoms with Gasteiger partial charge in [-0.2, -0.15) is 59.8 Å². The Bertz CT molecular complexity index is 5430. The Morgan fingerprint density at radius 3 is 0.726 bits per heavy atom. The van der Waals surface area contributed by atoms with Gasteiger partial charge in [0.15, 0.2) is 11.6 Å². The third kappa shape index (κ3) is 28.0. The number of rotatable bonds is 42. The minimum Gasteiger partial charge on any atom is -0.395 e. The topological polar surface area (TPSA) is 424 Å². The van der Waals surface area contributed by atoms with Crippen molar-refractivity contribution in [2.45, 2.75) is 107 Å². The zero-order valence-electron chi connectivity index (χ0n) is 70.6. The van der Waals surface area contributed by atoms with E-state index in [9.17, 15) is 39.0 Å². The molecule has 636 valence electrons. The highest BCUT2D eigenvalue weighted by Crippen LogP contribution is 2.31. The third-order valence-electron chi connectivity index (χ3n) is 19.0. The number of para-hydroxylation sites is 4. The number of aliphatic hydroxyl groups excluding tert-OH is 2. The van der Waals surface area contributed by atoms with Crippen molar-refractivity contribution in [2.24, 2.45) is 0 Å². The highest BCUT2D eigenvalue weighted by molar-refractivity contribution is 5.91. The summed E-state index contributed by atoms with van der Waals surface area (Å²) in [6.07, 6.45) is 8.79. The van der Waals surface area contributed by atoms with Crippen LogP contribution in [-0.2, 0) is 28.8 Å². The van der Waals surface area contributed by atoms with Crippen molar-refractivity contribution in [3.8, 4) is 0 Å². The van der Waals surface area contributed by atoms with Crippen molar-refractivity contribution in [3.05, 3.63) is 239 Å². The van der Waals surface area contributed by atoms with Crippen LogP contribution >= 0.6 is 0 Å². The number of ketones is 6. The molecule has 12 aromatic rings. The summed E-state index contributed by atoms with van der Waals surface area (Å²) in [4.78, 5) is 130. The molecule has 2 atom stereocenters. The molecule has 0 aliphatic heterocycles. The van der Waals surface area contributed by atoms with E-state index in [1.165, 1.54) is 41.5 Å². The molecular formula is C92H100N24O8. The average molecular weight is 1670 g/mol. The minimum absolute atomic E-state index is 0.00257. The van der Waals surface area contributed by atoms with Crippen molar-refractivity contribution in [1.29, 1.82) is 0 Å². The van der Waals surface area contributed by atoms with Gasteiger partial charge in [0.25, 0.3) is 0 Å². The van der Waals surface area contributed by atoms with E-state index >= 15 is 0 Å². The lowest BCUT2D eigenvalue weighted by molar-refractivity contribution is -0.122. The van der Waals surface area contributed by atoms with Crippen LogP contribution in [0.15, 0.2) is 194 Å². The number of carbonyl (C=O) groups excluding carboxylic acids is 6. The minimum atomic E-state index is -0.785. The van der Waals surface area contributed by atoms with Gasteiger partial charge < -0.3 is 73.2 Å². The van der Waals surface area contributed by atoms with E-state index in [2.05, 4.69) is 125 Å². The second-order valence-corrected chi connectivity index (χ2v) is 29.3. The highest BCUT2D eigenvalue weighted by atomic mass is 16.3. The number of aromatic nitrogens is 12. The fraction of sp³-hybridized carbons (Fsp3) is 0.239. The van der Waals surface area contributed by atoms with E-state index in [0.717, 1.165) is 90.0 Å². The SMILES string of the molecule is CC(=O)CC(Nc1nc(Nc2ccccc2)nc(Nc2ccc(C=Cc3ccc(Nc4nc(Nc5ccccc5)nc(NC(CC(C)=O)C(C)=O)n4)cc3C)c(C)c2)n1)C(C)=O.CC(=O)CCN(CCO)c1nc(Nc2ccccc2)nc(Nc2ccc(C=Cc3ccc(Nc4nc(Nc5ccccc5)nc(N(CCO)CCC(C)=O)n4)cc3C)c(C)c2)n1. The maximum atomic E-state index is 12.3. The first kappa shape index (κ1) is 89.6. The molecular weight excluding hydrogens is 1570 g/mol. The van der Waals surface area contributed by atoms with Gasteiger partial charge in [-0.25, -0.2) is 0 Å². The second-order valence-electron chi connectivity index (χ2n) is 29.3. The zero-order valence-corrected chi connectivity index (χ0v) is 70.6. The molecule has 0 fully saturated rings. The van der Waals surface area contributed by atoms with Gasteiger partial charge in [0.2, 0.25) is 71.4 Å². The van der Waals surface area contributed by atoms with Crippen LogP contribution in [0.25, 0.3) is 24.3 Å². The van der Waals surface area contributed by atoms with Crippen molar-refractivity contribution in [3.63, 3.8) is 0 Å². The van der Waals surface area contributed by atoms with Gasteiger partial charge in [0.05, 0.1) is 25.3 Å². The molecule has 124 heavy (non-hydrogen) atoms. The van der Waals surface area contributed by atoms with Gasteiger partial charge in [0.1, 0.15) is 23.1 Å². The molecule has 0 radical (unpaired) electrons. The predicted molar refractivity (Wildman–Crippen MR) is 490 cm³/mol. The van der Waals surface area contributed by atoms with E-state index in [-0.39, 0.29) is 122 Å². The summed E-state index contributed by atoms with van der Waals surface area (Å²) in [6, 6.07) is 60.1. The summed E-state index contributed by atoms with van der Waals surface area (Å²) < 4.78 is 0. The number of nitrogens with one attached hydrogen (secondary N) is 10. The summed E-state index contributed by atoms with van der Waals surface area (Å²) in [5.74, 6) is 2.50. The molecule has 0 aliphatic rings. The van der Waals surface area contributed by atoms with Gasteiger partial charge in [-0.3, -0.25) is 28.8 Å². The molecule has 0 aliphatic carbocycles. The summed E-state index contributed by atoms with van der Waals surface area (Å²) >= 11 is 0. The number of carbonyl (C=O) groups is 6. The molecule has 12 rings (SSSR count). The van der Waals surface area contributed by atoms with E-state index < -0.39 is 12.1 Å². The summed E-state index contributed by atoms with van der Waals surface area (Å²) in [7, 11) is 0. The lowest BCUT2D eigenvalue weighted by atomic mass is 10.0. The molecule has 2 unspecified atom stereocenters. The molecule has 4 aromatic heterocycles. The van der Waals surface area contributed by atoms with Crippen molar-refractivity contribution in [2.75, 3.05) is 102 Å². The van der Waals surface area contributed by atoms with E-state index in [0.29, 0.717) is 48.8 Å². The van der Waals surface area contributed by atoms with E-state index in [4.69, 9.17) is 0 Å². The Hall–Kier alpha value is -15.2. The fourth-order valence-corrected chi connectivity index (χ4v) is 12.5. The molecule has 32 nitrogen and oxygen atoms in total. The van der Waals surface area contributed by atoms with Crippen LogP contribution in [0.3, 0.4) is 0 Å². The summed E-state index contributed by atoms with van der Waals surface area (Å²) in [6.45, 7) is 17.8. The Kier molecular flexibility index (Phi) is 31.9. The summed E-state index contributed by atoms with van der Waals surface area (Å²) in [5, 5.41) is 51.5. The number of anilines is 20. The number of aryl methyl sites for hydroxylation is 4. The average Bonchev–Trinajstić information content (AvgIpc) is 0.834. The number of aliphatic hydroxyl groups is 2. The van der Waals surface area contributed by atoms with Gasteiger partial charge in [-0.1, -0.05) is 121 Å². The molecule has 4 heterocycles. The lowest BCUT2D eigenvalue weighted by Gasteiger charge is -2.22. The Morgan fingerprint density at radius 1 is 0.290 bits per heavy atom. The fourth-order valence-electron chi connectivity index (χ4n) is 12.5. The quantitative estimate of drug-likeness (QED) is 0.0158. The molecule has 8 aromatic carbocycles. The largest absolute Gasteiger partial charge is 0.395 e. The van der Waals surface area contributed by atoms with E-state index in [1.54, 1.807) is 9.80 Å². The molecule has 32 heteroatoms. The van der Waals surface area contributed by atoms with Crippen LogP contribution in [-0.4, -0.2) is 156 Å². The van der Waals surface area contributed by atoms with Crippen molar-refractivity contribution in [1.82, 2.24) is 59.8 Å². The maximum Gasteiger partial charge on any atom is 0.233 e. The number of hydrogen-bond donors (Lipinski definition) is 12. The molecule has 0 bridgehead atoms. The van der Waals surface area contributed by atoms with Crippen LogP contribution in [0.2, 0.25) is 0 Å². The Morgan fingerprint density at radius 2 is 0.516 bits per heavy atom. The van der Waals surface area contributed by atoms with Gasteiger partial charge in [0, 0.05) is 97.4 Å². The standard InChI is InChI=1S/C46H48N12O4.C46H52N12O4/c1-27-23-37(49-43-53-41(47-35-13-9-7-10-14-35)55-45(57-43)51-39(31(5)61)25-29(3)59)21-19-33(27)17-18-34-20-22-38(24-28(34)2)50-44-54-42(48-36-15-11-8-12-16-36)56-46(58-44)52-40(32(6)62)26-30(4)60;1-31-29-39(49-43-51-41(47-37-11-7-5-8-12-37)53-45(55-43)57(25-27-59)23-21-33(3)61)19-17-35(31)15-16-36-18-20-40(30-32(36)2)50-44-52-42(48-38-13-9-6-10-14-38)54-46(56-44)58(26-28-60)24-22-34(4)62/h7-24,39-40H,25-26H2,1-6H3,(H3,47,49,51,53,55,57)(H3,48,50,52,54,56,58);5-20,29-30,59-60H,21-28H2,1-4H3,(H2,47,49,51,53,55)(H2,48,50,52,54,56). The van der Waals surface area contributed by atoms with Gasteiger partial charge >= 0.3 is 0 Å². The molecule has 0 spiro atoms. The van der Waals surface area contributed by atoms with Crippen LogP contribution in [0.1, 0.15) is 112 Å². The van der Waals surface area contributed by atoms with Crippen molar-refractivity contribution < 1.29 is 39.0 Å². The van der Waals surface area contributed by atoms with Crippen LogP contribution in [0.5, 0.6) is 0 Å². The number of benzene rings is 8. The first-order valence-electron chi connectivity index (χ1n) is 40.2. The second kappa shape index (κ2) is 44.2. The Balaban J connectivity index is 0.000000241. The molecule has 0 amide bonds. The monoisotopic (exact) mass is 1670 g/mol. The molecule has 0 saturated heterocycles. The predicted octanol–water partition coefficient (Wildman–Crippen LogP) is 15.9. The highest BCUT2D eigenvalue weighted by Gasteiger charge is 2.23. The van der Waals surface area contributed by atoms with Crippen LogP contribution < -0.4 is 63.0 Å². The van der Waals surface area contributed by atoms with E-state index in [1.807, 2.05) is 234 Å². The van der Waals surface area contributed by atoms with Crippen molar-refractivity contribution >= 4 is 176 Å². The zero-order chi connectivity index (χ0) is 88.0. The first-order chi connectivity index (χ1) is 59.8. The molecule has 12 N–H and O–H groups in total. The lowest BCUT2D eigenvalue weighted by Crippen LogP contribution is -2.31. The summed E-state index contributed by atoms with van der Waals surface area (Å²) in [5.41, 5.74) is 14.2. The smallest absolute Gasteiger partial charge is 0.233 e. The third-order valence-corrected chi connectivity index (χ3v) is 19.0. The number of Topliss-reactive ketones (excluding diaryl/α,β-unsaturated/α-hetero) is 6. The number of nitrogens with zero attached hydrogens (tertiary/aromatic N) is 14. The first-order valence-corrected chi connectivity index (χ1v) is 40.2. The molecule has 0 saturated carbocycles. The maximum absolute atomic E-state index is 12.3. The number of hydrogen-bond acceptors (Lipinski definition) is 32. The van der Waals surface area contributed by atoms with Crippen LogP contribution in [0.4, 0.5) is 117 Å².